The number of sulfonamides is 1. The first kappa shape index (κ1) is 32.4. The summed E-state index contributed by atoms with van der Waals surface area (Å²) in [4.78, 5) is 29.9. The van der Waals surface area contributed by atoms with Gasteiger partial charge in [0, 0.05) is 23.5 Å². The molecule has 0 bridgehead atoms. The Morgan fingerprint density at radius 3 is 2.04 bits per heavy atom. The summed E-state index contributed by atoms with van der Waals surface area (Å²) < 4.78 is 43.7. The maximum Gasteiger partial charge on any atom is 0.264 e. The van der Waals surface area contributed by atoms with E-state index in [4.69, 9.17) is 0 Å². The number of halogens is 2. The molecule has 10 heteroatoms. The average Bonchev–Trinajstić information content (AvgIpc) is 3.57. The monoisotopic (exact) mass is 691 g/mol. The van der Waals surface area contributed by atoms with E-state index in [-0.39, 0.29) is 29.8 Å². The minimum Gasteiger partial charge on any atom is -0.352 e. The number of carbonyl (C=O) groups excluding carboxylic acids is 2. The molecule has 4 aromatic rings. The Balaban J connectivity index is 1.55. The summed E-state index contributed by atoms with van der Waals surface area (Å²) in [5.41, 5.74) is 1.76. The van der Waals surface area contributed by atoms with E-state index in [2.05, 4.69) is 21.2 Å². The topological polar surface area (TPSA) is 86.8 Å². The van der Waals surface area contributed by atoms with Crippen molar-refractivity contribution in [2.24, 2.45) is 0 Å². The maximum absolute atomic E-state index is 14.5. The molecule has 1 saturated carbocycles. The first-order valence-electron chi connectivity index (χ1n) is 14.9. The van der Waals surface area contributed by atoms with Gasteiger partial charge >= 0.3 is 0 Å². The van der Waals surface area contributed by atoms with Crippen LogP contribution in [0.25, 0.3) is 0 Å². The van der Waals surface area contributed by atoms with Crippen molar-refractivity contribution in [1.29, 1.82) is 0 Å². The van der Waals surface area contributed by atoms with Crippen LogP contribution in [0.5, 0.6) is 0 Å². The molecule has 1 N–H and O–H groups in total. The molecule has 1 aliphatic carbocycles. The van der Waals surface area contributed by atoms with E-state index in [1.54, 1.807) is 54.6 Å². The van der Waals surface area contributed by atoms with E-state index >= 15 is 0 Å². The summed E-state index contributed by atoms with van der Waals surface area (Å²) in [5, 5.41) is 3.15. The first-order valence-corrected chi connectivity index (χ1v) is 17.2. The van der Waals surface area contributed by atoms with Gasteiger partial charge in [0.05, 0.1) is 10.6 Å². The van der Waals surface area contributed by atoms with Crippen LogP contribution in [0.1, 0.15) is 36.8 Å². The van der Waals surface area contributed by atoms with Crippen LogP contribution < -0.4 is 9.62 Å². The molecule has 4 aromatic carbocycles. The Morgan fingerprint density at radius 2 is 1.42 bits per heavy atom. The SMILES string of the molecule is O=C(NC1CCCC1)[C@H](Cc1ccccc1)N(Cc1ccc(F)cc1)C(=O)CN(c1ccc(Br)cc1)S(=O)(=O)c1ccccc1. The second kappa shape index (κ2) is 14.8. The highest BCUT2D eigenvalue weighted by molar-refractivity contribution is 9.10. The molecule has 5 rings (SSSR count). The van der Waals surface area contributed by atoms with Gasteiger partial charge in [-0.25, -0.2) is 12.8 Å². The molecule has 0 aliphatic heterocycles. The number of nitrogens with zero attached hydrogens (tertiary/aromatic N) is 2. The van der Waals surface area contributed by atoms with Crippen LogP contribution in [0, 0.1) is 5.82 Å². The average molecular weight is 693 g/mol. The summed E-state index contributed by atoms with van der Waals surface area (Å²) >= 11 is 3.39. The second-order valence-electron chi connectivity index (χ2n) is 11.1. The molecule has 1 fully saturated rings. The van der Waals surface area contributed by atoms with Crippen LogP contribution >= 0.6 is 15.9 Å². The van der Waals surface area contributed by atoms with Crippen molar-refractivity contribution in [1.82, 2.24) is 10.2 Å². The van der Waals surface area contributed by atoms with Crippen LogP contribution in [-0.4, -0.2) is 43.8 Å². The van der Waals surface area contributed by atoms with Crippen LogP contribution in [-0.2, 0) is 32.6 Å². The smallest absolute Gasteiger partial charge is 0.264 e. The fourth-order valence-electron chi connectivity index (χ4n) is 5.56. The molecule has 0 aromatic heterocycles. The number of hydrogen-bond donors (Lipinski definition) is 1. The van der Waals surface area contributed by atoms with Gasteiger partial charge in [0.25, 0.3) is 10.0 Å². The van der Waals surface area contributed by atoms with E-state index in [0.29, 0.717) is 11.3 Å². The molecule has 234 valence electrons. The van der Waals surface area contributed by atoms with Gasteiger partial charge in [0.2, 0.25) is 11.8 Å². The normalized spacial score (nSPS) is 14.1. The van der Waals surface area contributed by atoms with Crippen molar-refractivity contribution in [2.45, 2.75) is 55.6 Å². The molecule has 0 radical (unpaired) electrons. The molecule has 2 amide bonds. The predicted molar refractivity (Wildman–Crippen MR) is 176 cm³/mol. The largest absolute Gasteiger partial charge is 0.352 e. The van der Waals surface area contributed by atoms with E-state index < -0.39 is 34.3 Å². The summed E-state index contributed by atoms with van der Waals surface area (Å²) in [7, 11) is -4.18. The van der Waals surface area contributed by atoms with E-state index in [0.717, 1.165) is 40.0 Å². The van der Waals surface area contributed by atoms with Gasteiger partial charge in [0.15, 0.2) is 0 Å². The Hall–Kier alpha value is -4.02. The number of amides is 2. The van der Waals surface area contributed by atoms with Crippen LogP contribution in [0.2, 0.25) is 0 Å². The fourth-order valence-corrected chi connectivity index (χ4v) is 7.26. The van der Waals surface area contributed by atoms with Gasteiger partial charge in [-0.2, -0.15) is 0 Å². The molecular weight excluding hydrogens is 657 g/mol. The highest BCUT2D eigenvalue weighted by Crippen LogP contribution is 2.27. The molecular formula is C35H35BrFN3O4S. The number of benzene rings is 4. The lowest BCUT2D eigenvalue weighted by atomic mass is 10.0. The van der Waals surface area contributed by atoms with Gasteiger partial charge in [0.1, 0.15) is 18.4 Å². The van der Waals surface area contributed by atoms with Crippen LogP contribution in [0.4, 0.5) is 10.1 Å². The quantitative estimate of drug-likeness (QED) is 0.184. The number of hydrogen-bond acceptors (Lipinski definition) is 4. The lowest BCUT2D eigenvalue weighted by Crippen LogP contribution is -2.54. The third-order valence-corrected chi connectivity index (χ3v) is 10.3. The molecule has 0 saturated heterocycles. The Kier molecular flexibility index (Phi) is 10.7. The molecule has 45 heavy (non-hydrogen) atoms. The van der Waals surface area contributed by atoms with E-state index in [9.17, 15) is 22.4 Å². The zero-order chi connectivity index (χ0) is 31.8. The van der Waals surface area contributed by atoms with Crippen molar-refractivity contribution in [3.63, 3.8) is 0 Å². The van der Waals surface area contributed by atoms with Crippen molar-refractivity contribution < 1.29 is 22.4 Å². The van der Waals surface area contributed by atoms with Crippen molar-refractivity contribution in [3.8, 4) is 0 Å². The minimum atomic E-state index is -4.18. The van der Waals surface area contributed by atoms with Crippen LogP contribution in [0.15, 0.2) is 119 Å². The van der Waals surface area contributed by atoms with Gasteiger partial charge in [-0.05, 0) is 72.5 Å². The molecule has 7 nitrogen and oxygen atoms in total. The highest BCUT2D eigenvalue weighted by Gasteiger charge is 2.35. The molecule has 0 spiro atoms. The van der Waals surface area contributed by atoms with Gasteiger partial charge in [-0.15, -0.1) is 0 Å². The van der Waals surface area contributed by atoms with Gasteiger partial charge < -0.3 is 10.2 Å². The minimum absolute atomic E-state index is 0.0104. The van der Waals surface area contributed by atoms with Crippen molar-refractivity contribution >= 4 is 43.5 Å². The molecule has 1 atom stereocenters. The zero-order valence-electron chi connectivity index (χ0n) is 24.7. The molecule has 1 aliphatic rings. The lowest BCUT2D eigenvalue weighted by Gasteiger charge is -2.34. The maximum atomic E-state index is 14.5. The Labute approximate surface area is 272 Å². The number of carbonyl (C=O) groups is 2. The Bertz CT molecular complexity index is 1680. The first-order chi connectivity index (χ1) is 21.7. The second-order valence-corrected chi connectivity index (χ2v) is 13.9. The number of rotatable bonds is 12. The number of anilines is 1. The summed E-state index contributed by atoms with van der Waals surface area (Å²) in [5.74, 6) is -1.29. The van der Waals surface area contributed by atoms with Crippen molar-refractivity contribution in [3.05, 3.63) is 131 Å². The number of nitrogens with one attached hydrogen (secondary N) is 1. The summed E-state index contributed by atoms with van der Waals surface area (Å²) in [6.07, 6.45) is 3.98. The third kappa shape index (κ3) is 8.38. The zero-order valence-corrected chi connectivity index (χ0v) is 27.1. The lowest BCUT2D eigenvalue weighted by molar-refractivity contribution is -0.140. The molecule has 0 heterocycles. The molecule has 0 unspecified atom stereocenters. The summed E-state index contributed by atoms with van der Waals surface area (Å²) in [6, 6.07) is 28.8. The highest BCUT2D eigenvalue weighted by atomic mass is 79.9. The standard InChI is InChI=1S/C35H35BrFN3O4S/c36-28-17-21-31(22-18-28)40(45(43,44)32-13-5-2-6-14-32)25-34(41)39(24-27-15-19-29(37)20-16-27)33(23-26-9-3-1-4-10-26)35(42)38-30-11-7-8-12-30/h1-6,9-10,13-22,30,33H,7-8,11-12,23-25H2,(H,38,42)/t33-/m0/s1. The Morgan fingerprint density at radius 1 is 0.822 bits per heavy atom. The predicted octanol–water partition coefficient (Wildman–Crippen LogP) is 6.48. The summed E-state index contributed by atoms with van der Waals surface area (Å²) in [6.45, 7) is -0.573. The fraction of sp³-hybridized carbons (Fsp3) is 0.257. The van der Waals surface area contributed by atoms with E-state index in [1.807, 2.05) is 30.3 Å². The third-order valence-electron chi connectivity index (χ3n) is 7.96. The van der Waals surface area contributed by atoms with E-state index in [1.165, 1.54) is 29.2 Å². The van der Waals surface area contributed by atoms with Gasteiger partial charge in [-0.1, -0.05) is 89.4 Å². The van der Waals surface area contributed by atoms with Crippen molar-refractivity contribution in [2.75, 3.05) is 10.8 Å². The van der Waals surface area contributed by atoms with Crippen LogP contribution in [0.3, 0.4) is 0 Å². The van der Waals surface area contributed by atoms with Gasteiger partial charge in [-0.3, -0.25) is 13.9 Å².